The first kappa shape index (κ1) is 14.9. The number of nitrogens with one attached hydrogen (secondary N) is 1. The van der Waals surface area contributed by atoms with Crippen LogP contribution in [0, 0.1) is 0 Å². The molecule has 1 aromatic rings. The summed E-state index contributed by atoms with van der Waals surface area (Å²) in [7, 11) is -3.57. The second kappa shape index (κ2) is 5.65. The summed E-state index contributed by atoms with van der Waals surface area (Å²) in [6, 6.07) is 2.45. The smallest absolute Gasteiger partial charge is 0.324 e. The largest absolute Gasteiger partial charge is 0.329 e. The average Bonchev–Trinajstić information content (AvgIpc) is 2.87. The molecule has 8 nitrogen and oxygen atoms in total. The number of urea groups is 1. The van der Waals surface area contributed by atoms with Gasteiger partial charge in [-0.2, -0.15) is 4.31 Å². The Morgan fingerprint density at radius 3 is 2.50 bits per heavy atom. The number of imide groups is 1. The fourth-order valence-corrected chi connectivity index (χ4v) is 4.23. The second-order valence-electron chi connectivity index (χ2n) is 5.25. The molecule has 118 valence electrons. The monoisotopic (exact) mass is 324 g/mol. The molecular formula is C13H16N4O4S. The van der Waals surface area contributed by atoms with Gasteiger partial charge in [-0.1, -0.05) is 0 Å². The van der Waals surface area contributed by atoms with E-state index in [9.17, 15) is 18.0 Å². The lowest BCUT2D eigenvalue weighted by atomic mass is 10.1. The van der Waals surface area contributed by atoms with Crippen LogP contribution in [0.5, 0.6) is 0 Å². The number of rotatable bonds is 3. The molecule has 1 aromatic heterocycles. The van der Waals surface area contributed by atoms with Crippen LogP contribution in [0.3, 0.4) is 0 Å². The summed E-state index contributed by atoms with van der Waals surface area (Å²) in [6.07, 6.45) is 3.72. The molecule has 0 atom stereocenters. The highest BCUT2D eigenvalue weighted by molar-refractivity contribution is 7.89. The molecule has 1 N–H and O–H groups in total. The molecule has 3 amide bonds. The van der Waals surface area contributed by atoms with Gasteiger partial charge in [-0.25, -0.2) is 13.2 Å². The van der Waals surface area contributed by atoms with Crippen molar-refractivity contribution in [1.82, 2.24) is 19.5 Å². The number of carbonyl (C=O) groups is 2. The third kappa shape index (κ3) is 2.57. The highest BCUT2D eigenvalue weighted by Crippen LogP contribution is 2.23. The van der Waals surface area contributed by atoms with Gasteiger partial charge in [-0.05, 0) is 25.0 Å². The highest BCUT2D eigenvalue weighted by Gasteiger charge is 2.38. The van der Waals surface area contributed by atoms with Crippen LogP contribution in [0.4, 0.5) is 4.79 Å². The SMILES string of the molecule is O=C1CNC(=O)N1C1CCN(S(=O)(=O)c2cccnc2)CC1. The number of hydrogen-bond donors (Lipinski definition) is 1. The van der Waals surface area contributed by atoms with Crippen LogP contribution in [0.15, 0.2) is 29.4 Å². The van der Waals surface area contributed by atoms with Gasteiger partial charge in [-0.15, -0.1) is 0 Å². The van der Waals surface area contributed by atoms with Crippen LogP contribution in [0.25, 0.3) is 0 Å². The normalized spacial score (nSPS) is 21.2. The first-order valence-electron chi connectivity index (χ1n) is 7.00. The maximum absolute atomic E-state index is 12.5. The molecule has 2 aliphatic rings. The first-order valence-corrected chi connectivity index (χ1v) is 8.44. The van der Waals surface area contributed by atoms with Crippen LogP contribution in [0.1, 0.15) is 12.8 Å². The zero-order chi connectivity index (χ0) is 15.7. The van der Waals surface area contributed by atoms with Gasteiger partial charge in [0.05, 0.1) is 6.54 Å². The second-order valence-corrected chi connectivity index (χ2v) is 7.18. The molecular weight excluding hydrogens is 308 g/mol. The van der Waals surface area contributed by atoms with Crippen LogP contribution < -0.4 is 5.32 Å². The van der Waals surface area contributed by atoms with E-state index in [-0.39, 0.29) is 36.5 Å². The molecule has 0 unspecified atom stereocenters. The molecule has 3 rings (SSSR count). The molecule has 0 saturated carbocycles. The Bertz CT molecular complexity index is 667. The third-order valence-electron chi connectivity index (χ3n) is 3.94. The number of aromatic nitrogens is 1. The Labute approximate surface area is 128 Å². The third-order valence-corrected chi connectivity index (χ3v) is 5.82. The topological polar surface area (TPSA) is 99.7 Å². The molecule has 0 bridgehead atoms. The van der Waals surface area contributed by atoms with E-state index < -0.39 is 16.1 Å². The minimum absolute atomic E-state index is 0.0209. The molecule has 3 heterocycles. The Kier molecular flexibility index (Phi) is 3.83. The van der Waals surface area contributed by atoms with Crippen LogP contribution >= 0.6 is 0 Å². The number of amides is 3. The van der Waals surface area contributed by atoms with Crippen molar-refractivity contribution >= 4 is 22.0 Å². The number of carbonyl (C=O) groups excluding carboxylic acids is 2. The van der Waals surface area contributed by atoms with E-state index in [0.717, 1.165) is 0 Å². The lowest BCUT2D eigenvalue weighted by molar-refractivity contribution is -0.127. The highest BCUT2D eigenvalue weighted by atomic mass is 32.2. The minimum atomic E-state index is -3.57. The number of piperidine rings is 1. The quantitative estimate of drug-likeness (QED) is 0.775. The number of pyridine rings is 1. The van der Waals surface area contributed by atoms with E-state index in [1.54, 1.807) is 6.07 Å². The van der Waals surface area contributed by atoms with Crippen LogP contribution in [-0.4, -0.2) is 60.2 Å². The summed E-state index contributed by atoms with van der Waals surface area (Å²) in [4.78, 5) is 28.5. The van der Waals surface area contributed by atoms with Crippen molar-refractivity contribution in [3.05, 3.63) is 24.5 Å². The molecule has 2 saturated heterocycles. The predicted molar refractivity (Wildman–Crippen MR) is 76.3 cm³/mol. The maximum atomic E-state index is 12.5. The van der Waals surface area contributed by atoms with Crippen molar-refractivity contribution in [1.29, 1.82) is 0 Å². The Balaban J connectivity index is 1.70. The molecule has 9 heteroatoms. The van der Waals surface area contributed by atoms with Crippen molar-refractivity contribution < 1.29 is 18.0 Å². The Morgan fingerprint density at radius 1 is 1.23 bits per heavy atom. The fourth-order valence-electron chi connectivity index (χ4n) is 2.79. The maximum Gasteiger partial charge on any atom is 0.324 e. The Hall–Kier alpha value is -2.00. The summed E-state index contributed by atoms with van der Waals surface area (Å²) in [5.74, 6) is -0.251. The van der Waals surface area contributed by atoms with Crippen molar-refractivity contribution in [2.24, 2.45) is 0 Å². The summed E-state index contributed by atoms with van der Waals surface area (Å²) in [5.41, 5.74) is 0. The van der Waals surface area contributed by atoms with E-state index in [1.165, 1.54) is 27.7 Å². The van der Waals surface area contributed by atoms with Gasteiger partial charge in [0.1, 0.15) is 4.90 Å². The Morgan fingerprint density at radius 2 is 1.95 bits per heavy atom. The zero-order valence-electron chi connectivity index (χ0n) is 11.8. The minimum Gasteiger partial charge on any atom is -0.329 e. The fraction of sp³-hybridized carbons (Fsp3) is 0.462. The van der Waals surface area contributed by atoms with E-state index in [1.807, 2.05) is 0 Å². The molecule has 22 heavy (non-hydrogen) atoms. The zero-order valence-corrected chi connectivity index (χ0v) is 12.6. The van der Waals surface area contributed by atoms with E-state index >= 15 is 0 Å². The number of hydrogen-bond acceptors (Lipinski definition) is 5. The van der Waals surface area contributed by atoms with Gasteiger partial charge in [0, 0.05) is 31.5 Å². The van der Waals surface area contributed by atoms with Crippen molar-refractivity contribution in [2.75, 3.05) is 19.6 Å². The molecule has 0 aliphatic carbocycles. The number of nitrogens with zero attached hydrogens (tertiary/aromatic N) is 3. The van der Waals surface area contributed by atoms with Crippen LogP contribution in [0.2, 0.25) is 0 Å². The van der Waals surface area contributed by atoms with Gasteiger partial charge in [0.25, 0.3) is 0 Å². The summed E-state index contributed by atoms with van der Waals surface area (Å²) in [5, 5.41) is 2.48. The summed E-state index contributed by atoms with van der Waals surface area (Å²) >= 11 is 0. The lowest BCUT2D eigenvalue weighted by Gasteiger charge is -2.34. The standard InChI is InChI=1S/C13H16N4O4S/c18-12-9-15-13(19)17(12)10-3-6-16(7-4-10)22(20,21)11-2-1-5-14-8-11/h1-2,5,8,10H,3-4,6-7,9H2,(H,15,19). The molecule has 0 spiro atoms. The van der Waals surface area contributed by atoms with Gasteiger partial charge in [0.2, 0.25) is 15.9 Å². The van der Waals surface area contributed by atoms with Gasteiger partial charge >= 0.3 is 6.03 Å². The predicted octanol–water partition coefficient (Wildman–Crippen LogP) is -0.213. The lowest BCUT2D eigenvalue weighted by Crippen LogP contribution is -2.48. The van der Waals surface area contributed by atoms with Crippen molar-refractivity contribution in [2.45, 2.75) is 23.8 Å². The van der Waals surface area contributed by atoms with Gasteiger partial charge in [-0.3, -0.25) is 14.7 Å². The summed E-state index contributed by atoms with van der Waals surface area (Å²) < 4.78 is 26.3. The molecule has 2 aliphatic heterocycles. The molecule has 0 radical (unpaired) electrons. The van der Waals surface area contributed by atoms with E-state index in [2.05, 4.69) is 10.3 Å². The number of sulfonamides is 1. The van der Waals surface area contributed by atoms with Gasteiger partial charge in [0.15, 0.2) is 0 Å². The first-order chi connectivity index (χ1) is 10.5. The van der Waals surface area contributed by atoms with E-state index in [0.29, 0.717) is 12.8 Å². The van der Waals surface area contributed by atoms with Crippen molar-refractivity contribution in [3.8, 4) is 0 Å². The summed E-state index contributed by atoms with van der Waals surface area (Å²) in [6.45, 7) is 0.574. The average molecular weight is 324 g/mol. The van der Waals surface area contributed by atoms with E-state index in [4.69, 9.17) is 0 Å². The molecule has 0 aromatic carbocycles. The van der Waals surface area contributed by atoms with Crippen LogP contribution in [-0.2, 0) is 14.8 Å². The van der Waals surface area contributed by atoms with Crippen molar-refractivity contribution in [3.63, 3.8) is 0 Å². The molecule has 2 fully saturated rings. The van der Waals surface area contributed by atoms with Gasteiger partial charge < -0.3 is 5.32 Å².